The van der Waals surface area contributed by atoms with Crippen LogP contribution in [0.15, 0.2) is 48.7 Å². The van der Waals surface area contributed by atoms with Gasteiger partial charge in [0.1, 0.15) is 15.8 Å². The van der Waals surface area contributed by atoms with Crippen molar-refractivity contribution in [3.05, 3.63) is 75.8 Å². The van der Waals surface area contributed by atoms with Crippen LogP contribution in [0.4, 0.5) is 4.39 Å². The Labute approximate surface area is 179 Å². The molecule has 0 bridgehead atoms. The van der Waals surface area contributed by atoms with E-state index in [4.69, 9.17) is 0 Å². The summed E-state index contributed by atoms with van der Waals surface area (Å²) in [5, 5.41) is 17.0. The summed E-state index contributed by atoms with van der Waals surface area (Å²) in [6.07, 6.45) is 4.97. The van der Waals surface area contributed by atoms with Gasteiger partial charge < -0.3 is 5.32 Å². The Balaban J connectivity index is 1.89. The predicted molar refractivity (Wildman–Crippen MR) is 117 cm³/mol. The highest BCUT2D eigenvalue weighted by Crippen LogP contribution is 2.24. The fourth-order valence-corrected chi connectivity index (χ4v) is 3.54. The third-order valence-corrected chi connectivity index (χ3v) is 5.52. The molecule has 0 aliphatic carbocycles. The van der Waals surface area contributed by atoms with Gasteiger partial charge in [0.2, 0.25) is 0 Å². The monoisotopic (exact) mass is 425 g/mol. The molecule has 8 heteroatoms. The summed E-state index contributed by atoms with van der Waals surface area (Å²) in [4.78, 5) is 13.0. The summed E-state index contributed by atoms with van der Waals surface area (Å²) in [6, 6.07) is 6.07. The van der Waals surface area contributed by atoms with E-state index in [0.29, 0.717) is 24.1 Å². The number of benzene rings is 1. The highest BCUT2D eigenvalue weighted by molar-refractivity contribution is 7.11. The van der Waals surface area contributed by atoms with Crippen molar-refractivity contribution in [3.8, 4) is 5.69 Å². The molecule has 2 heterocycles. The van der Waals surface area contributed by atoms with E-state index in [1.807, 2.05) is 26.8 Å². The average Bonchev–Trinajstić information content (AvgIpc) is 3.32. The second-order valence-corrected chi connectivity index (χ2v) is 8.12. The molecule has 0 spiro atoms. The van der Waals surface area contributed by atoms with E-state index in [1.165, 1.54) is 23.5 Å². The molecular formula is C22H24FN5OS. The second kappa shape index (κ2) is 9.58. The fourth-order valence-electron chi connectivity index (χ4n) is 2.89. The number of carbonyl (C=O) groups is 1. The van der Waals surface area contributed by atoms with Crippen LogP contribution in [0, 0.1) is 19.7 Å². The number of allylic oxidation sites excluding steroid dienone is 2. The first-order valence-corrected chi connectivity index (χ1v) is 10.5. The maximum Gasteiger partial charge on any atom is 0.252 e. The zero-order valence-electron chi connectivity index (χ0n) is 17.3. The molecule has 0 saturated carbocycles. The van der Waals surface area contributed by atoms with Gasteiger partial charge in [-0.3, -0.25) is 4.79 Å². The van der Waals surface area contributed by atoms with E-state index < -0.39 is 0 Å². The SMILES string of the molecule is C=C(CC)CC=C(C(=O)NCc1nnc(C)s1)c1cnn(-c2ccc(F)cc2)c1C. The standard InChI is InChI=1S/C22H24FN5OS/c1-5-14(2)6-11-19(22(29)24-13-21-27-26-16(4)30-21)20-12-25-28(15(20)3)18-9-7-17(23)8-10-18/h7-12H,2,5-6,13H2,1,3-4H3,(H,24,29). The Bertz CT molecular complexity index is 1080. The third kappa shape index (κ3) is 5.07. The van der Waals surface area contributed by atoms with Crippen molar-refractivity contribution in [3.63, 3.8) is 0 Å². The van der Waals surface area contributed by atoms with Crippen LogP contribution in [-0.2, 0) is 11.3 Å². The van der Waals surface area contributed by atoms with E-state index >= 15 is 0 Å². The molecule has 0 fully saturated rings. The number of hydrogen-bond acceptors (Lipinski definition) is 5. The van der Waals surface area contributed by atoms with Crippen molar-refractivity contribution >= 4 is 22.8 Å². The second-order valence-electron chi connectivity index (χ2n) is 6.85. The van der Waals surface area contributed by atoms with E-state index in [0.717, 1.165) is 33.4 Å². The number of aromatic nitrogens is 4. The molecule has 30 heavy (non-hydrogen) atoms. The molecule has 0 aliphatic heterocycles. The molecule has 0 unspecified atom stereocenters. The lowest BCUT2D eigenvalue weighted by Crippen LogP contribution is -2.24. The minimum Gasteiger partial charge on any atom is -0.345 e. The lowest BCUT2D eigenvalue weighted by Gasteiger charge is -2.10. The van der Waals surface area contributed by atoms with Gasteiger partial charge in [0.15, 0.2) is 0 Å². The van der Waals surface area contributed by atoms with Gasteiger partial charge in [-0.25, -0.2) is 9.07 Å². The molecule has 1 amide bonds. The van der Waals surface area contributed by atoms with Gasteiger partial charge in [-0.2, -0.15) is 5.10 Å². The molecule has 0 aliphatic rings. The Morgan fingerprint density at radius 3 is 2.63 bits per heavy atom. The van der Waals surface area contributed by atoms with Crippen LogP contribution in [-0.4, -0.2) is 25.9 Å². The van der Waals surface area contributed by atoms with Crippen LogP contribution in [0.3, 0.4) is 0 Å². The van der Waals surface area contributed by atoms with Crippen molar-refractivity contribution in [2.24, 2.45) is 0 Å². The molecule has 0 saturated heterocycles. The Morgan fingerprint density at radius 1 is 1.27 bits per heavy atom. The van der Waals surface area contributed by atoms with Crippen LogP contribution in [0.25, 0.3) is 11.3 Å². The zero-order valence-corrected chi connectivity index (χ0v) is 18.1. The molecule has 0 radical (unpaired) electrons. The largest absolute Gasteiger partial charge is 0.345 e. The van der Waals surface area contributed by atoms with Crippen LogP contribution in [0.2, 0.25) is 0 Å². The molecule has 0 atom stereocenters. The average molecular weight is 426 g/mol. The Kier molecular flexibility index (Phi) is 6.89. The molecule has 156 valence electrons. The first-order chi connectivity index (χ1) is 14.4. The minimum absolute atomic E-state index is 0.214. The number of aryl methyl sites for hydroxylation is 1. The van der Waals surface area contributed by atoms with Crippen molar-refractivity contribution < 1.29 is 9.18 Å². The number of rotatable bonds is 8. The van der Waals surface area contributed by atoms with Crippen molar-refractivity contribution in [1.82, 2.24) is 25.3 Å². The van der Waals surface area contributed by atoms with E-state index in [9.17, 15) is 9.18 Å². The quantitative estimate of drug-likeness (QED) is 0.425. The molecule has 1 aromatic carbocycles. The lowest BCUT2D eigenvalue weighted by atomic mass is 10.0. The predicted octanol–water partition coefficient (Wildman–Crippen LogP) is 4.54. The van der Waals surface area contributed by atoms with Crippen LogP contribution < -0.4 is 5.32 Å². The maximum atomic E-state index is 13.3. The van der Waals surface area contributed by atoms with Gasteiger partial charge in [-0.15, -0.1) is 10.2 Å². The lowest BCUT2D eigenvalue weighted by molar-refractivity contribution is -0.115. The molecule has 3 rings (SSSR count). The fraction of sp³-hybridized carbons (Fsp3) is 0.273. The number of halogens is 1. The first-order valence-electron chi connectivity index (χ1n) is 9.64. The highest BCUT2D eigenvalue weighted by atomic mass is 32.1. The Morgan fingerprint density at radius 2 is 2.00 bits per heavy atom. The minimum atomic E-state index is -0.311. The van der Waals surface area contributed by atoms with Gasteiger partial charge in [0.25, 0.3) is 5.91 Å². The van der Waals surface area contributed by atoms with Crippen molar-refractivity contribution in [2.45, 2.75) is 40.2 Å². The van der Waals surface area contributed by atoms with Crippen LogP contribution in [0.1, 0.15) is 41.0 Å². The normalized spacial score (nSPS) is 11.5. The highest BCUT2D eigenvalue weighted by Gasteiger charge is 2.19. The van der Waals surface area contributed by atoms with E-state index in [-0.39, 0.29) is 11.7 Å². The topological polar surface area (TPSA) is 72.7 Å². The van der Waals surface area contributed by atoms with Gasteiger partial charge in [-0.05, 0) is 51.0 Å². The summed E-state index contributed by atoms with van der Waals surface area (Å²) in [7, 11) is 0. The maximum absolute atomic E-state index is 13.3. The summed E-state index contributed by atoms with van der Waals surface area (Å²) in [6.45, 7) is 10.1. The van der Waals surface area contributed by atoms with Crippen molar-refractivity contribution in [2.75, 3.05) is 0 Å². The molecule has 3 aromatic rings. The van der Waals surface area contributed by atoms with Gasteiger partial charge in [0.05, 0.1) is 18.4 Å². The smallest absolute Gasteiger partial charge is 0.252 e. The number of amides is 1. The third-order valence-electron chi connectivity index (χ3n) is 4.68. The van der Waals surface area contributed by atoms with Crippen molar-refractivity contribution in [1.29, 1.82) is 0 Å². The van der Waals surface area contributed by atoms with E-state index in [1.54, 1.807) is 23.0 Å². The van der Waals surface area contributed by atoms with Gasteiger partial charge in [0, 0.05) is 16.8 Å². The number of nitrogens with zero attached hydrogens (tertiary/aromatic N) is 4. The molecule has 2 aromatic heterocycles. The number of nitrogens with one attached hydrogen (secondary N) is 1. The Hall–Kier alpha value is -3.13. The van der Waals surface area contributed by atoms with E-state index in [2.05, 4.69) is 27.2 Å². The number of carbonyl (C=O) groups excluding carboxylic acids is 1. The van der Waals surface area contributed by atoms with Gasteiger partial charge >= 0.3 is 0 Å². The summed E-state index contributed by atoms with van der Waals surface area (Å²) in [5.41, 5.74) is 3.79. The molecule has 1 N–H and O–H groups in total. The summed E-state index contributed by atoms with van der Waals surface area (Å²) < 4.78 is 15.0. The number of hydrogen-bond donors (Lipinski definition) is 1. The summed E-state index contributed by atoms with van der Waals surface area (Å²) >= 11 is 1.45. The molecular weight excluding hydrogens is 401 g/mol. The zero-order chi connectivity index (χ0) is 21.7. The first kappa shape index (κ1) is 21.6. The van der Waals surface area contributed by atoms with Crippen LogP contribution >= 0.6 is 11.3 Å². The summed E-state index contributed by atoms with van der Waals surface area (Å²) in [5.74, 6) is -0.526. The van der Waals surface area contributed by atoms with Crippen LogP contribution in [0.5, 0.6) is 0 Å². The van der Waals surface area contributed by atoms with Gasteiger partial charge in [-0.1, -0.05) is 36.5 Å². The molecule has 6 nitrogen and oxygen atoms in total.